The van der Waals surface area contributed by atoms with Crippen LogP contribution in [0.4, 0.5) is 0 Å². The van der Waals surface area contributed by atoms with E-state index in [9.17, 15) is 9.59 Å². The van der Waals surface area contributed by atoms with Crippen LogP contribution >= 0.6 is 0 Å². The topological polar surface area (TPSA) is 57.9 Å². The number of amides is 2. The number of nitrogens with zero attached hydrogens (tertiary/aromatic N) is 4. The number of aromatic nitrogens is 2. The molecule has 6 heteroatoms. The third kappa shape index (κ3) is 3.13. The Balaban J connectivity index is 1.87. The summed E-state index contributed by atoms with van der Waals surface area (Å²) in [6.45, 7) is 7.17. The van der Waals surface area contributed by atoms with Crippen molar-refractivity contribution in [2.75, 3.05) is 13.1 Å². The molecule has 0 bridgehead atoms. The average Bonchev–Trinajstić information content (AvgIpc) is 2.96. The van der Waals surface area contributed by atoms with Crippen LogP contribution in [-0.4, -0.2) is 50.1 Å². The second-order valence-electron chi connectivity index (χ2n) is 6.72. The summed E-state index contributed by atoms with van der Waals surface area (Å²) < 4.78 is 1.93. The highest BCUT2D eigenvalue weighted by atomic mass is 16.2. The summed E-state index contributed by atoms with van der Waals surface area (Å²) in [5.41, 5.74) is 1.65. The summed E-state index contributed by atoms with van der Waals surface area (Å²) in [5, 5.41) is 0. The minimum Gasteiger partial charge on any atom is -0.332 e. The Hall–Kier alpha value is -2.37. The van der Waals surface area contributed by atoms with Gasteiger partial charge >= 0.3 is 0 Å². The Labute approximate surface area is 142 Å². The standard InChI is InChI=1S/C18H24N4O2/c1-4-20-12-17(23)22(15(18(20)24)9-13(2)3)11-14-10-21-8-6-5-7-16(21)19-14/h5-8,10,13,15H,4,9,11-12H2,1-3H3/t15-/m0/s1. The van der Waals surface area contributed by atoms with E-state index in [0.717, 1.165) is 11.3 Å². The van der Waals surface area contributed by atoms with Crippen molar-refractivity contribution in [2.45, 2.75) is 39.8 Å². The monoisotopic (exact) mass is 328 g/mol. The molecule has 24 heavy (non-hydrogen) atoms. The molecule has 2 amide bonds. The van der Waals surface area contributed by atoms with Gasteiger partial charge in [-0.1, -0.05) is 19.9 Å². The van der Waals surface area contributed by atoms with Crippen molar-refractivity contribution in [3.63, 3.8) is 0 Å². The van der Waals surface area contributed by atoms with Gasteiger partial charge in [0.05, 0.1) is 18.8 Å². The van der Waals surface area contributed by atoms with Crippen LogP contribution in [0.3, 0.4) is 0 Å². The van der Waals surface area contributed by atoms with E-state index in [0.29, 0.717) is 25.4 Å². The van der Waals surface area contributed by atoms with Gasteiger partial charge < -0.3 is 14.2 Å². The summed E-state index contributed by atoms with van der Waals surface area (Å²) in [6, 6.07) is 5.41. The molecule has 0 unspecified atom stereocenters. The zero-order valence-corrected chi connectivity index (χ0v) is 14.5. The number of pyridine rings is 1. The van der Waals surface area contributed by atoms with E-state index in [2.05, 4.69) is 18.8 Å². The fraction of sp³-hybridized carbons (Fsp3) is 0.500. The van der Waals surface area contributed by atoms with E-state index < -0.39 is 6.04 Å². The lowest BCUT2D eigenvalue weighted by molar-refractivity contribution is -0.157. The van der Waals surface area contributed by atoms with Crippen LogP contribution in [0.1, 0.15) is 32.9 Å². The fourth-order valence-electron chi connectivity index (χ4n) is 3.23. The molecule has 0 N–H and O–H groups in total. The van der Waals surface area contributed by atoms with Crippen LogP contribution in [0.25, 0.3) is 5.65 Å². The lowest BCUT2D eigenvalue weighted by atomic mass is 9.98. The van der Waals surface area contributed by atoms with Crippen molar-refractivity contribution in [1.82, 2.24) is 19.2 Å². The van der Waals surface area contributed by atoms with Crippen molar-refractivity contribution in [1.29, 1.82) is 0 Å². The van der Waals surface area contributed by atoms with Gasteiger partial charge in [0.15, 0.2) is 0 Å². The largest absolute Gasteiger partial charge is 0.332 e. The van der Waals surface area contributed by atoms with Crippen LogP contribution in [0.2, 0.25) is 0 Å². The smallest absolute Gasteiger partial charge is 0.245 e. The van der Waals surface area contributed by atoms with Crippen molar-refractivity contribution in [3.05, 3.63) is 36.3 Å². The molecule has 2 aromatic heterocycles. The van der Waals surface area contributed by atoms with Gasteiger partial charge in [0.1, 0.15) is 11.7 Å². The molecule has 0 aliphatic carbocycles. The molecule has 6 nitrogen and oxygen atoms in total. The van der Waals surface area contributed by atoms with E-state index in [4.69, 9.17) is 0 Å². The van der Waals surface area contributed by atoms with Gasteiger partial charge in [0.25, 0.3) is 0 Å². The maximum atomic E-state index is 12.7. The maximum absolute atomic E-state index is 12.7. The Morgan fingerprint density at radius 2 is 2.08 bits per heavy atom. The van der Waals surface area contributed by atoms with Gasteiger partial charge in [-0.25, -0.2) is 4.98 Å². The van der Waals surface area contributed by atoms with Gasteiger partial charge in [-0.15, -0.1) is 0 Å². The molecule has 0 saturated carbocycles. The lowest BCUT2D eigenvalue weighted by Crippen LogP contribution is -2.59. The highest BCUT2D eigenvalue weighted by molar-refractivity contribution is 5.94. The van der Waals surface area contributed by atoms with Crippen molar-refractivity contribution >= 4 is 17.5 Å². The molecular formula is C18H24N4O2. The number of carbonyl (C=O) groups excluding carboxylic acids is 2. The number of hydrogen-bond donors (Lipinski definition) is 0. The number of hydrogen-bond acceptors (Lipinski definition) is 3. The number of fused-ring (bicyclic) bond motifs is 1. The zero-order chi connectivity index (χ0) is 17.3. The molecule has 0 radical (unpaired) electrons. The predicted octanol–water partition coefficient (Wildman–Crippen LogP) is 1.94. The number of rotatable bonds is 5. The zero-order valence-electron chi connectivity index (χ0n) is 14.5. The SMILES string of the molecule is CCN1CC(=O)N(Cc2cn3ccccc3n2)[C@@H](CC(C)C)C1=O. The summed E-state index contributed by atoms with van der Waals surface area (Å²) in [4.78, 5) is 33.3. The van der Waals surface area contributed by atoms with Gasteiger partial charge in [0, 0.05) is 18.9 Å². The molecule has 3 rings (SSSR count). The Morgan fingerprint density at radius 3 is 2.75 bits per heavy atom. The van der Waals surface area contributed by atoms with Crippen molar-refractivity contribution in [2.24, 2.45) is 5.92 Å². The first-order chi connectivity index (χ1) is 11.5. The van der Waals surface area contributed by atoms with E-state index in [1.807, 2.05) is 41.9 Å². The summed E-state index contributed by atoms with van der Waals surface area (Å²) >= 11 is 0. The number of likely N-dealkylation sites (N-methyl/N-ethyl adjacent to an activating group) is 1. The van der Waals surface area contributed by atoms with Crippen molar-refractivity contribution < 1.29 is 9.59 Å². The third-order valence-corrected chi connectivity index (χ3v) is 4.44. The minimum atomic E-state index is -0.393. The van der Waals surface area contributed by atoms with Gasteiger partial charge in [-0.05, 0) is 31.4 Å². The Morgan fingerprint density at radius 1 is 1.29 bits per heavy atom. The summed E-state index contributed by atoms with van der Waals surface area (Å²) in [6.07, 6.45) is 4.53. The Bertz CT molecular complexity index is 719. The molecular weight excluding hydrogens is 304 g/mol. The van der Waals surface area contributed by atoms with E-state index in [-0.39, 0.29) is 18.4 Å². The van der Waals surface area contributed by atoms with Gasteiger partial charge in [0.2, 0.25) is 11.8 Å². The molecule has 1 aliphatic rings. The van der Waals surface area contributed by atoms with Gasteiger partial charge in [-0.2, -0.15) is 0 Å². The quantitative estimate of drug-likeness (QED) is 0.843. The van der Waals surface area contributed by atoms with E-state index in [1.54, 1.807) is 9.80 Å². The maximum Gasteiger partial charge on any atom is 0.245 e. The van der Waals surface area contributed by atoms with Crippen LogP contribution in [0.5, 0.6) is 0 Å². The Kier molecular flexibility index (Phi) is 4.55. The first-order valence-electron chi connectivity index (χ1n) is 8.50. The molecule has 0 spiro atoms. The second-order valence-corrected chi connectivity index (χ2v) is 6.72. The fourth-order valence-corrected chi connectivity index (χ4v) is 3.23. The third-order valence-electron chi connectivity index (χ3n) is 4.44. The molecule has 1 saturated heterocycles. The summed E-state index contributed by atoms with van der Waals surface area (Å²) in [5.74, 6) is 0.390. The minimum absolute atomic E-state index is 0.000781. The van der Waals surface area contributed by atoms with Crippen LogP contribution in [0, 0.1) is 5.92 Å². The average molecular weight is 328 g/mol. The van der Waals surface area contributed by atoms with E-state index >= 15 is 0 Å². The van der Waals surface area contributed by atoms with E-state index in [1.165, 1.54) is 0 Å². The molecule has 0 aromatic carbocycles. The molecule has 3 heterocycles. The first kappa shape index (κ1) is 16.5. The first-order valence-corrected chi connectivity index (χ1v) is 8.50. The van der Waals surface area contributed by atoms with Crippen LogP contribution in [0.15, 0.2) is 30.6 Å². The molecule has 2 aromatic rings. The highest BCUT2D eigenvalue weighted by Gasteiger charge is 2.39. The van der Waals surface area contributed by atoms with Gasteiger partial charge in [-0.3, -0.25) is 9.59 Å². The van der Waals surface area contributed by atoms with Crippen molar-refractivity contribution in [3.8, 4) is 0 Å². The van der Waals surface area contributed by atoms with Crippen LogP contribution < -0.4 is 0 Å². The number of carbonyl (C=O) groups is 2. The summed E-state index contributed by atoms with van der Waals surface area (Å²) in [7, 11) is 0. The van der Waals surface area contributed by atoms with Crippen LogP contribution in [-0.2, 0) is 16.1 Å². The highest BCUT2D eigenvalue weighted by Crippen LogP contribution is 2.22. The number of piperazine rings is 1. The lowest BCUT2D eigenvalue weighted by Gasteiger charge is -2.40. The normalized spacial score (nSPS) is 18.9. The molecule has 1 fully saturated rings. The molecule has 1 aliphatic heterocycles. The molecule has 128 valence electrons. The number of imidazole rings is 1. The second kappa shape index (κ2) is 6.63. The molecule has 1 atom stereocenters. The predicted molar refractivity (Wildman–Crippen MR) is 91.2 cm³/mol.